The summed E-state index contributed by atoms with van der Waals surface area (Å²) in [6.07, 6.45) is -2.69. The average molecular weight is 290 g/mol. The van der Waals surface area contributed by atoms with Crippen LogP contribution in [0.25, 0.3) is 0 Å². The molecule has 1 heterocycles. The zero-order chi connectivity index (χ0) is 13.2. The molecule has 1 aromatic heterocycles. The molecule has 0 saturated heterocycles. The highest BCUT2D eigenvalue weighted by Crippen LogP contribution is 2.36. The van der Waals surface area contributed by atoms with Crippen molar-refractivity contribution in [1.29, 1.82) is 0 Å². The number of benzene rings is 1. The summed E-state index contributed by atoms with van der Waals surface area (Å²) in [5.41, 5.74) is 5.30. The molecule has 0 unspecified atom stereocenters. The van der Waals surface area contributed by atoms with Gasteiger partial charge in [0, 0.05) is 23.0 Å². The fourth-order valence-corrected chi connectivity index (χ4v) is 3.07. The van der Waals surface area contributed by atoms with Crippen molar-refractivity contribution in [3.63, 3.8) is 0 Å². The van der Waals surface area contributed by atoms with Gasteiger partial charge in [0.15, 0.2) is 4.34 Å². The first-order valence-electron chi connectivity index (χ1n) is 4.98. The number of aromatic nitrogens is 1. The summed E-state index contributed by atoms with van der Waals surface area (Å²) in [4.78, 5) is 4.79. The van der Waals surface area contributed by atoms with Gasteiger partial charge in [-0.2, -0.15) is 13.2 Å². The van der Waals surface area contributed by atoms with Crippen LogP contribution >= 0.6 is 23.1 Å². The lowest BCUT2D eigenvalue weighted by atomic mass is 10.1. The van der Waals surface area contributed by atoms with Gasteiger partial charge in [-0.1, -0.05) is 11.8 Å². The van der Waals surface area contributed by atoms with E-state index in [0.717, 1.165) is 16.5 Å². The second-order valence-corrected chi connectivity index (χ2v) is 5.61. The molecule has 0 amide bonds. The van der Waals surface area contributed by atoms with Gasteiger partial charge in [0.25, 0.3) is 0 Å². The Morgan fingerprint density at radius 1 is 1.33 bits per heavy atom. The number of alkyl halides is 3. The predicted octanol–water partition coefficient (Wildman–Crippen LogP) is 3.77. The number of rotatable bonds is 3. The average Bonchev–Trinajstić information content (AvgIpc) is 2.81. The van der Waals surface area contributed by atoms with E-state index in [1.165, 1.54) is 29.2 Å². The Balaban J connectivity index is 2.32. The van der Waals surface area contributed by atoms with Gasteiger partial charge in [0.05, 0.1) is 5.56 Å². The molecule has 0 spiro atoms. The van der Waals surface area contributed by atoms with E-state index in [-0.39, 0.29) is 6.54 Å². The van der Waals surface area contributed by atoms with E-state index in [1.54, 1.807) is 6.20 Å². The summed E-state index contributed by atoms with van der Waals surface area (Å²) < 4.78 is 38.4. The summed E-state index contributed by atoms with van der Waals surface area (Å²) in [6, 6.07) is 3.60. The SMILES string of the molecule is NCc1cc(C(F)(F)F)ccc1Sc1nccs1. The van der Waals surface area contributed by atoms with Crippen LogP contribution in [0.15, 0.2) is 39.0 Å². The van der Waals surface area contributed by atoms with Crippen molar-refractivity contribution in [3.05, 3.63) is 40.9 Å². The molecule has 0 radical (unpaired) electrons. The predicted molar refractivity (Wildman–Crippen MR) is 65.6 cm³/mol. The molecule has 18 heavy (non-hydrogen) atoms. The Labute approximate surface area is 110 Å². The van der Waals surface area contributed by atoms with Crippen LogP contribution in [0.1, 0.15) is 11.1 Å². The molecule has 0 aliphatic rings. The van der Waals surface area contributed by atoms with Crippen LogP contribution in [0.2, 0.25) is 0 Å². The number of nitrogens with zero attached hydrogens (tertiary/aromatic N) is 1. The fourth-order valence-electron chi connectivity index (χ4n) is 1.37. The first kappa shape index (κ1) is 13.4. The molecule has 0 saturated carbocycles. The maximum atomic E-state index is 12.6. The third kappa shape index (κ3) is 3.04. The van der Waals surface area contributed by atoms with Gasteiger partial charge < -0.3 is 5.73 Å². The quantitative estimate of drug-likeness (QED) is 0.935. The van der Waals surface area contributed by atoms with E-state index in [4.69, 9.17) is 5.73 Å². The minimum absolute atomic E-state index is 0.0671. The standard InChI is InChI=1S/C11H9F3N2S2/c12-11(13,14)8-1-2-9(7(5-8)6-15)18-10-16-3-4-17-10/h1-5H,6,15H2. The first-order valence-corrected chi connectivity index (χ1v) is 6.68. The molecule has 1 aromatic carbocycles. The van der Waals surface area contributed by atoms with Crippen LogP contribution in [0.4, 0.5) is 13.2 Å². The van der Waals surface area contributed by atoms with Crippen molar-refractivity contribution in [2.45, 2.75) is 22.0 Å². The number of nitrogens with two attached hydrogens (primary N) is 1. The summed E-state index contributed by atoms with van der Waals surface area (Å²) >= 11 is 2.76. The molecule has 0 aliphatic heterocycles. The van der Waals surface area contributed by atoms with Crippen LogP contribution in [0.3, 0.4) is 0 Å². The first-order chi connectivity index (χ1) is 8.50. The Morgan fingerprint density at radius 3 is 2.67 bits per heavy atom. The molecule has 0 bridgehead atoms. The van der Waals surface area contributed by atoms with Crippen molar-refractivity contribution in [3.8, 4) is 0 Å². The molecule has 2 N–H and O–H groups in total. The summed E-state index contributed by atoms with van der Waals surface area (Å²) in [5.74, 6) is 0. The number of hydrogen-bond acceptors (Lipinski definition) is 4. The number of halogens is 3. The number of thiazole rings is 1. The molecule has 96 valence electrons. The monoisotopic (exact) mass is 290 g/mol. The lowest BCUT2D eigenvalue weighted by Gasteiger charge is -2.11. The van der Waals surface area contributed by atoms with Gasteiger partial charge in [-0.25, -0.2) is 4.98 Å². The van der Waals surface area contributed by atoms with Crippen LogP contribution in [-0.2, 0) is 12.7 Å². The van der Waals surface area contributed by atoms with E-state index in [1.807, 2.05) is 5.38 Å². The molecular weight excluding hydrogens is 281 g/mol. The lowest BCUT2D eigenvalue weighted by molar-refractivity contribution is -0.137. The van der Waals surface area contributed by atoms with Gasteiger partial charge in [-0.15, -0.1) is 11.3 Å². The molecule has 2 nitrogen and oxygen atoms in total. The summed E-state index contributed by atoms with van der Waals surface area (Å²) in [6.45, 7) is 0.0671. The Hall–Kier alpha value is -1.05. The fraction of sp³-hybridized carbons (Fsp3) is 0.182. The van der Waals surface area contributed by atoms with Gasteiger partial charge in [-0.05, 0) is 23.8 Å². The molecule has 0 aliphatic carbocycles. The highest BCUT2D eigenvalue weighted by atomic mass is 32.2. The van der Waals surface area contributed by atoms with Crippen molar-refractivity contribution < 1.29 is 13.2 Å². The minimum Gasteiger partial charge on any atom is -0.326 e. The molecular formula is C11H9F3N2S2. The highest BCUT2D eigenvalue weighted by Gasteiger charge is 2.30. The molecule has 7 heteroatoms. The second-order valence-electron chi connectivity index (χ2n) is 3.42. The zero-order valence-corrected chi connectivity index (χ0v) is 10.7. The normalized spacial score (nSPS) is 11.8. The maximum Gasteiger partial charge on any atom is 0.416 e. The third-order valence-electron chi connectivity index (χ3n) is 2.21. The van der Waals surface area contributed by atoms with Gasteiger partial charge >= 0.3 is 6.18 Å². The van der Waals surface area contributed by atoms with Crippen LogP contribution in [0, 0.1) is 0 Å². The van der Waals surface area contributed by atoms with E-state index >= 15 is 0 Å². The van der Waals surface area contributed by atoms with Crippen molar-refractivity contribution >= 4 is 23.1 Å². The Morgan fingerprint density at radius 2 is 2.11 bits per heavy atom. The smallest absolute Gasteiger partial charge is 0.326 e. The molecule has 2 rings (SSSR count). The van der Waals surface area contributed by atoms with Crippen molar-refractivity contribution in [1.82, 2.24) is 4.98 Å². The van der Waals surface area contributed by atoms with Gasteiger partial charge in [-0.3, -0.25) is 0 Å². The van der Waals surface area contributed by atoms with Crippen LogP contribution in [0.5, 0.6) is 0 Å². The Bertz CT molecular complexity index is 524. The van der Waals surface area contributed by atoms with Crippen LogP contribution in [-0.4, -0.2) is 4.98 Å². The molecule has 2 aromatic rings. The van der Waals surface area contributed by atoms with E-state index in [9.17, 15) is 13.2 Å². The number of hydrogen-bond donors (Lipinski definition) is 1. The summed E-state index contributed by atoms with van der Waals surface area (Å²) in [7, 11) is 0. The molecule has 0 atom stereocenters. The van der Waals surface area contributed by atoms with Gasteiger partial charge in [0.2, 0.25) is 0 Å². The van der Waals surface area contributed by atoms with E-state index in [2.05, 4.69) is 4.98 Å². The minimum atomic E-state index is -4.34. The molecule has 0 fully saturated rings. The van der Waals surface area contributed by atoms with E-state index in [0.29, 0.717) is 10.5 Å². The van der Waals surface area contributed by atoms with E-state index < -0.39 is 11.7 Å². The Kier molecular flexibility index (Phi) is 3.94. The summed E-state index contributed by atoms with van der Waals surface area (Å²) in [5, 5.41) is 1.81. The van der Waals surface area contributed by atoms with Gasteiger partial charge in [0.1, 0.15) is 0 Å². The topological polar surface area (TPSA) is 38.9 Å². The largest absolute Gasteiger partial charge is 0.416 e. The maximum absolute atomic E-state index is 12.6. The third-order valence-corrected chi connectivity index (χ3v) is 4.22. The lowest BCUT2D eigenvalue weighted by Crippen LogP contribution is -2.07. The van der Waals surface area contributed by atoms with Crippen molar-refractivity contribution in [2.75, 3.05) is 0 Å². The van der Waals surface area contributed by atoms with Crippen LogP contribution < -0.4 is 5.73 Å². The van der Waals surface area contributed by atoms with Crippen molar-refractivity contribution in [2.24, 2.45) is 5.73 Å². The highest BCUT2D eigenvalue weighted by molar-refractivity contribution is 8.01. The zero-order valence-electron chi connectivity index (χ0n) is 9.07. The second kappa shape index (κ2) is 5.29.